The molecule has 0 aliphatic heterocycles. The van der Waals surface area contributed by atoms with Crippen LogP contribution in [-0.4, -0.2) is 45.1 Å². The second-order valence-electron chi connectivity index (χ2n) is 4.09. The van der Waals surface area contributed by atoms with Crippen LogP contribution in [-0.2, 0) is 6.54 Å². The largest absolute Gasteiger partial charge is 0.493 e. The lowest BCUT2D eigenvalue weighted by atomic mass is 10.2. The summed E-state index contributed by atoms with van der Waals surface area (Å²) < 4.78 is 10.8. The van der Waals surface area contributed by atoms with Crippen molar-refractivity contribution < 1.29 is 14.6 Å². The third-order valence-electron chi connectivity index (χ3n) is 2.66. The minimum atomic E-state index is 0. The molecule has 1 aromatic carbocycles. The molecule has 7 heteroatoms. The molecule has 0 spiro atoms. The number of terminal acetylenes is 1. The first kappa shape index (κ1) is 23.1. The zero-order valence-electron chi connectivity index (χ0n) is 12.6. The van der Waals surface area contributed by atoms with Crippen molar-refractivity contribution in [3.63, 3.8) is 0 Å². The number of para-hydroxylation sites is 1. The summed E-state index contributed by atoms with van der Waals surface area (Å²) in [4.78, 5) is 0. The molecular weight excluding hydrogens is 327 g/mol. The van der Waals surface area contributed by atoms with Gasteiger partial charge in [0.2, 0.25) is 0 Å². The van der Waals surface area contributed by atoms with E-state index in [4.69, 9.17) is 21.0 Å². The van der Waals surface area contributed by atoms with Crippen molar-refractivity contribution in [1.82, 2.24) is 10.6 Å². The van der Waals surface area contributed by atoms with Crippen LogP contribution < -0.4 is 20.1 Å². The van der Waals surface area contributed by atoms with Gasteiger partial charge in [-0.25, -0.2) is 0 Å². The number of hydrogen-bond acceptors (Lipinski definition) is 5. The highest BCUT2D eigenvalue weighted by Gasteiger charge is 2.09. The van der Waals surface area contributed by atoms with E-state index >= 15 is 0 Å². The summed E-state index contributed by atoms with van der Waals surface area (Å²) in [6.07, 6.45) is 5.23. The van der Waals surface area contributed by atoms with Gasteiger partial charge in [0.05, 0.1) is 13.7 Å². The van der Waals surface area contributed by atoms with Crippen LogP contribution >= 0.6 is 24.8 Å². The molecule has 1 rings (SSSR count). The topological polar surface area (TPSA) is 62.8 Å². The zero-order chi connectivity index (χ0) is 14.6. The lowest BCUT2D eigenvalue weighted by Gasteiger charge is -2.14. The molecule has 0 heterocycles. The van der Waals surface area contributed by atoms with E-state index in [0.717, 1.165) is 18.7 Å². The predicted octanol–water partition coefficient (Wildman–Crippen LogP) is 1.22. The molecule has 0 atom stereocenters. The molecule has 22 heavy (non-hydrogen) atoms. The Hall–Kier alpha value is -1.16. The zero-order valence-corrected chi connectivity index (χ0v) is 14.3. The first-order chi connectivity index (χ1) is 9.83. The van der Waals surface area contributed by atoms with Crippen LogP contribution in [0.2, 0.25) is 0 Å². The quantitative estimate of drug-likeness (QED) is 0.437. The Morgan fingerprint density at radius 1 is 1.18 bits per heavy atom. The van der Waals surface area contributed by atoms with E-state index in [1.165, 1.54) is 0 Å². The number of halogens is 2. The summed E-state index contributed by atoms with van der Waals surface area (Å²) in [6.45, 7) is 3.23. The van der Waals surface area contributed by atoms with Gasteiger partial charge in [-0.05, 0) is 6.07 Å². The molecular formula is C15H24Cl2N2O3. The molecule has 0 radical (unpaired) electrons. The third-order valence-corrected chi connectivity index (χ3v) is 2.66. The summed E-state index contributed by atoms with van der Waals surface area (Å²) >= 11 is 0. The highest BCUT2D eigenvalue weighted by Crippen LogP contribution is 2.30. The number of hydrogen-bond donors (Lipinski definition) is 3. The molecule has 0 saturated heterocycles. The highest BCUT2D eigenvalue weighted by atomic mass is 35.5. The van der Waals surface area contributed by atoms with Crippen LogP contribution in [0.25, 0.3) is 0 Å². The van der Waals surface area contributed by atoms with E-state index in [1.807, 2.05) is 18.2 Å². The monoisotopic (exact) mass is 350 g/mol. The first-order valence-corrected chi connectivity index (χ1v) is 6.58. The van der Waals surface area contributed by atoms with E-state index in [0.29, 0.717) is 24.6 Å². The van der Waals surface area contributed by atoms with Gasteiger partial charge in [-0.2, -0.15) is 0 Å². The van der Waals surface area contributed by atoms with Gasteiger partial charge in [-0.15, -0.1) is 31.2 Å². The van der Waals surface area contributed by atoms with E-state index in [9.17, 15) is 0 Å². The van der Waals surface area contributed by atoms with Gasteiger partial charge < -0.3 is 25.2 Å². The van der Waals surface area contributed by atoms with E-state index < -0.39 is 0 Å². The van der Waals surface area contributed by atoms with Gasteiger partial charge in [0.1, 0.15) is 6.61 Å². The number of ether oxygens (including phenoxy) is 2. The standard InChI is InChI=1S/C15H22N2O3.2ClH/c1-3-11-20-15-13(5-4-6-14(15)19-2)12-17-8-7-16-9-10-18;;/h1,4-6,16-18H,7-12H2,2H3;2*1H. The van der Waals surface area contributed by atoms with E-state index in [-0.39, 0.29) is 38.0 Å². The number of rotatable bonds is 10. The van der Waals surface area contributed by atoms with Gasteiger partial charge in [0, 0.05) is 31.7 Å². The van der Waals surface area contributed by atoms with E-state index in [1.54, 1.807) is 7.11 Å². The minimum absolute atomic E-state index is 0. The fraction of sp³-hybridized carbons (Fsp3) is 0.467. The molecule has 3 N–H and O–H groups in total. The van der Waals surface area contributed by atoms with Gasteiger partial charge in [0.25, 0.3) is 0 Å². The highest BCUT2D eigenvalue weighted by molar-refractivity contribution is 5.85. The van der Waals surface area contributed by atoms with Crippen molar-refractivity contribution in [3.05, 3.63) is 23.8 Å². The Balaban J connectivity index is 0. The van der Waals surface area contributed by atoms with Crippen LogP contribution in [0.4, 0.5) is 0 Å². The van der Waals surface area contributed by atoms with Crippen molar-refractivity contribution in [3.8, 4) is 23.8 Å². The molecule has 0 aromatic heterocycles. The lowest BCUT2D eigenvalue weighted by Crippen LogP contribution is -2.28. The van der Waals surface area contributed by atoms with Crippen molar-refractivity contribution in [2.75, 3.05) is 40.0 Å². The Morgan fingerprint density at radius 2 is 1.91 bits per heavy atom. The van der Waals surface area contributed by atoms with Gasteiger partial charge >= 0.3 is 0 Å². The normalized spacial score (nSPS) is 9.14. The number of nitrogens with one attached hydrogen (secondary N) is 2. The SMILES string of the molecule is C#CCOc1c(CNCCNCCO)cccc1OC.Cl.Cl. The van der Waals surface area contributed by atoms with Gasteiger partial charge in [-0.3, -0.25) is 0 Å². The Bertz CT molecular complexity index is 439. The second-order valence-corrected chi connectivity index (χ2v) is 4.09. The smallest absolute Gasteiger partial charge is 0.167 e. The fourth-order valence-corrected chi connectivity index (χ4v) is 1.74. The van der Waals surface area contributed by atoms with Crippen LogP contribution in [0, 0.1) is 12.3 Å². The van der Waals surface area contributed by atoms with Gasteiger partial charge in [0.15, 0.2) is 11.5 Å². The molecule has 5 nitrogen and oxygen atoms in total. The maximum absolute atomic E-state index is 8.65. The van der Waals surface area contributed by atoms with Crippen molar-refractivity contribution in [1.29, 1.82) is 0 Å². The average Bonchev–Trinajstić information content (AvgIpc) is 2.49. The van der Waals surface area contributed by atoms with Crippen LogP contribution in [0.5, 0.6) is 11.5 Å². The second kappa shape index (κ2) is 14.8. The van der Waals surface area contributed by atoms with Crippen molar-refractivity contribution >= 4 is 24.8 Å². The maximum atomic E-state index is 8.65. The van der Waals surface area contributed by atoms with Crippen LogP contribution in [0.3, 0.4) is 0 Å². The number of aliphatic hydroxyl groups excluding tert-OH is 1. The average molecular weight is 351 g/mol. The number of aliphatic hydroxyl groups is 1. The first-order valence-electron chi connectivity index (χ1n) is 6.58. The Labute approximate surface area is 144 Å². The Kier molecular flexibility index (Phi) is 15.5. The molecule has 1 aromatic rings. The van der Waals surface area contributed by atoms with Crippen molar-refractivity contribution in [2.24, 2.45) is 0 Å². The fourth-order valence-electron chi connectivity index (χ4n) is 1.74. The van der Waals surface area contributed by atoms with Crippen LogP contribution in [0.15, 0.2) is 18.2 Å². The summed E-state index contributed by atoms with van der Waals surface area (Å²) in [7, 11) is 1.61. The van der Waals surface area contributed by atoms with E-state index in [2.05, 4.69) is 16.6 Å². The maximum Gasteiger partial charge on any atom is 0.167 e. The molecule has 0 fully saturated rings. The summed E-state index contributed by atoms with van der Waals surface area (Å²) in [6, 6.07) is 5.74. The molecule has 0 unspecified atom stereocenters. The van der Waals surface area contributed by atoms with Crippen molar-refractivity contribution in [2.45, 2.75) is 6.54 Å². The van der Waals surface area contributed by atoms with Crippen LogP contribution in [0.1, 0.15) is 5.56 Å². The number of methoxy groups -OCH3 is 1. The van der Waals surface area contributed by atoms with Gasteiger partial charge in [-0.1, -0.05) is 18.1 Å². The lowest BCUT2D eigenvalue weighted by molar-refractivity contribution is 0.292. The molecule has 0 aliphatic carbocycles. The predicted molar refractivity (Wildman–Crippen MR) is 93.5 cm³/mol. The molecule has 0 bridgehead atoms. The molecule has 126 valence electrons. The summed E-state index contributed by atoms with van der Waals surface area (Å²) in [5.41, 5.74) is 1.00. The third kappa shape index (κ3) is 8.32. The molecule has 0 saturated carbocycles. The summed E-state index contributed by atoms with van der Waals surface area (Å²) in [5.74, 6) is 3.82. The molecule has 0 aliphatic rings. The Morgan fingerprint density at radius 3 is 2.55 bits per heavy atom. The summed E-state index contributed by atoms with van der Waals surface area (Å²) in [5, 5.41) is 15.0. The molecule has 0 amide bonds. The number of benzene rings is 1. The minimum Gasteiger partial charge on any atom is -0.493 e.